The van der Waals surface area contributed by atoms with E-state index in [0.717, 1.165) is 23.2 Å². The Bertz CT molecular complexity index is 502. The lowest BCUT2D eigenvalue weighted by molar-refractivity contribution is -0.117. The van der Waals surface area contributed by atoms with Gasteiger partial charge in [-0.1, -0.05) is 32.0 Å². The predicted octanol–water partition coefficient (Wildman–Crippen LogP) is 4.08. The molecule has 1 aromatic heterocycles. The monoisotopic (exact) mass is 230 g/mol. The zero-order chi connectivity index (χ0) is 12.5. The minimum atomic E-state index is -0.0926. The maximum Gasteiger partial charge on any atom is 0.134 e. The number of carbonyl (C=O) groups is 1. The van der Waals surface area contributed by atoms with E-state index in [2.05, 4.69) is 19.9 Å². The van der Waals surface area contributed by atoms with E-state index in [1.807, 2.05) is 24.3 Å². The second kappa shape index (κ2) is 4.36. The van der Waals surface area contributed by atoms with Crippen molar-refractivity contribution in [2.75, 3.05) is 0 Å². The molecule has 0 atom stereocenters. The zero-order valence-corrected chi connectivity index (χ0v) is 10.6. The Hall–Kier alpha value is -1.57. The van der Waals surface area contributed by atoms with Gasteiger partial charge in [0.1, 0.15) is 17.1 Å². The molecule has 1 heterocycles. The summed E-state index contributed by atoms with van der Waals surface area (Å²) in [6, 6.07) is 10.1. The number of Topliss-reactive ketones (excluding diaryl/α,β-unsaturated/α-hetero) is 1. The Morgan fingerprint density at radius 1 is 1.29 bits per heavy atom. The number of furan rings is 1. The third-order valence-corrected chi connectivity index (χ3v) is 3.19. The van der Waals surface area contributed by atoms with Crippen molar-refractivity contribution in [3.63, 3.8) is 0 Å². The predicted molar refractivity (Wildman–Crippen MR) is 69.2 cm³/mol. The molecule has 0 spiro atoms. The molecule has 0 aliphatic rings. The fraction of sp³-hybridized carbons (Fsp3) is 0.400. The smallest absolute Gasteiger partial charge is 0.134 e. The Labute approximate surface area is 102 Å². The molecule has 0 aliphatic carbocycles. The van der Waals surface area contributed by atoms with Crippen LogP contribution in [-0.4, -0.2) is 5.78 Å². The molecule has 0 amide bonds. The summed E-state index contributed by atoms with van der Waals surface area (Å²) in [5.74, 6) is 1.19. The minimum absolute atomic E-state index is 0.0926. The average Bonchev–Trinajstić information content (AvgIpc) is 2.71. The molecule has 2 aromatic rings. The Balaban J connectivity index is 2.28. The van der Waals surface area contributed by atoms with Crippen LogP contribution in [0.3, 0.4) is 0 Å². The maximum atomic E-state index is 11.1. The molecule has 0 N–H and O–H groups in total. The van der Waals surface area contributed by atoms with Crippen LogP contribution in [0.5, 0.6) is 0 Å². The number of ketones is 1. The number of carbonyl (C=O) groups excluding carboxylic acids is 1. The van der Waals surface area contributed by atoms with Crippen LogP contribution < -0.4 is 0 Å². The van der Waals surface area contributed by atoms with Gasteiger partial charge in [0, 0.05) is 17.2 Å². The number of para-hydroxylation sites is 1. The topological polar surface area (TPSA) is 30.2 Å². The Morgan fingerprint density at radius 2 is 2.00 bits per heavy atom. The summed E-state index contributed by atoms with van der Waals surface area (Å²) in [6.45, 7) is 5.87. The van der Waals surface area contributed by atoms with Crippen LogP contribution in [0.15, 0.2) is 34.7 Å². The molecule has 0 unspecified atom stereocenters. The maximum absolute atomic E-state index is 11.1. The summed E-state index contributed by atoms with van der Waals surface area (Å²) in [4.78, 5) is 11.1. The number of benzene rings is 1. The molecule has 0 saturated heterocycles. The third kappa shape index (κ3) is 2.57. The van der Waals surface area contributed by atoms with Gasteiger partial charge in [-0.3, -0.25) is 0 Å². The van der Waals surface area contributed by atoms with Crippen LogP contribution >= 0.6 is 0 Å². The molecule has 0 fully saturated rings. The van der Waals surface area contributed by atoms with Gasteiger partial charge in [-0.05, 0) is 25.5 Å². The van der Waals surface area contributed by atoms with E-state index in [4.69, 9.17) is 4.42 Å². The van der Waals surface area contributed by atoms with Crippen LogP contribution in [0.2, 0.25) is 0 Å². The largest absolute Gasteiger partial charge is 0.461 e. The van der Waals surface area contributed by atoms with E-state index < -0.39 is 0 Å². The van der Waals surface area contributed by atoms with Crippen LogP contribution in [0.25, 0.3) is 11.0 Å². The van der Waals surface area contributed by atoms with E-state index in [1.54, 1.807) is 6.92 Å². The molecular weight excluding hydrogens is 212 g/mol. The number of hydrogen-bond acceptors (Lipinski definition) is 2. The summed E-state index contributed by atoms with van der Waals surface area (Å²) in [6.07, 6.45) is 1.42. The summed E-state index contributed by atoms with van der Waals surface area (Å²) in [5.41, 5.74) is 0.823. The average molecular weight is 230 g/mol. The molecule has 2 nitrogen and oxygen atoms in total. The molecule has 0 bridgehead atoms. The minimum Gasteiger partial charge on any atom is -0.461 e. The molecule has 0 radical (unpaired) electrons. The van der Waals surface area contributed by atoms with Gasteiger partial charge in [-0.15, -0.1) is 0 Å². The number of rotatable bonds is 4. The SMILES string of the molecule is CC(=O)CCC(C)(C)c1cc2ccccc2o1. The molecule has 0 aliphatic heterocycles. The van der Waals surface area contributed by atoms with Crippen molar-refractivity contribution in [2.24, 2.45) is 0 Å². The summed E-state index contributed by atoms with van der Waals surface area (Å²) >= 11 is 0. The van der Waals surface area contributed by atoms with Gasteiger partial charge in [0.15, 0.2) is 0 Å². The van der Waals surface area contributed by atoms with Crippen LogP contribution in [0.1, 0.15) is 39.4 Å². The first-order chi connectivity index (χ1) is 7.99. The normalized spacial score (nSPS) is 11.9. The van der Waals surface area contributed by atoms with Crippen molar-refractivity contribution in [3.05, 3.63) is 36.1 Å². The lowest BCUT2D eigenvalue weighted by atomic mass is 9.84. The molecule has 0 saturated carbocycles. The van der Waals surface area contributed by atoms with E-state index in [1.165, 1.54) is 0 Å². The van der Waals surface area contributed by atoms with Crippen molar-refractivity contribution >= 4 is 16.8 Å². The van der Waals surface area contributed by atoms with Crippen LogP contribution in [-0.2, 0) is 10.2 Å². The first-order valence-corrected chi connectivity index (χ1v) is 5.97. The highest BCUT2D eigenvalue weighted by Gasteiger charge is 2.25. The highest BCUT2D eigenvalue weighted by molar-refractivity contribution is 5.78. The van der Waals surface area contributed by atoms with E-state index in [-0.39, 0.29) is 11.2 Å². The Morgan fingerprint density at radius 3 is 2.65 bits per heavy atom. The highest BCUT2D eigenvalue weighted by atomic mass is 16.3. The third-order valence-electron chi connectivity index (χ3n) is 3.19. The van der Waals surface area contributed by atoms with E-state index in [9.17, 15) is 4.79 Å². The van der Waals surface area contributed by atoms with Gasteiger partial charge in [0.25, 0.3) is 0 Å². The highest BCUT2D eigenvalue weighted by Crippen LogP contribution is 2.32. The zero-order valence-electron chi connectivity index (χ0n) is 10.6. The van der Waals surface area contributed by atoms with Gasteiger partial charge in [0.2, 0.25) is 0 Å². The van der Waals surface area contributed by atoms with Crippen molar-refractivity contribution < 1.29 is 9.21 Å². The lowest BCUT2D eigenvalue weighted by Gasteiger charge is -2.20. The summed E-state index contributed by atoms with van der Waals surface area (Å²) < 4.78 is 5.85. The standard InChI is InChI=1S/C15H18O2/c1-11(16)8-9-15(2,3)14-10-12-6-4-5-7-13(12)17-14/h4-7,10H,8-9H2,1-3H3. The molecular formula is C15H18O2. The Kier molecular flexibility index (Phi) is 3.05. The molecule has 2 rings (SSSR count). The second-order valence-corrected chi connectivity index (χ2v) is 5.23. The van der Waals surface area contributed by atoms with Gasteiger partial charge in [-0.25, -0.2) is 0 Å². The van der Waals surface area contributed by atoms with Gasteiger partial charge >= 0.3 is 0 Å². The van der Waals surface area contributed by atoms with Crippen LogP contribution in [0, 0.1) is 0 Å². The fourth-order valence-electron chi connectivity index (χ4n) is 1.93. The number of fused-ring (bicyclic) bond motifs is 1. The first-order valence-electron chi connectivity index (χ1n) is 5.97. The molecule has 2 heteroatoms. The van der Waals surface area contributed by atoms with E-state index in [0.29, 0.717) is 6.42 Å². The van der Waals surface area contributed by atoms with Gasteiger partial charge in [-0.2, -0.15) is 0 Å². The summed E-state index contributed by atoms with van der Waals surface area (Å²) in [7, 11) is 0. The van der Waals surface area contributed by atoms with E-state index >= 15 is 0 Å². The quantitative estimate of drug-likeness (QED) is 0.792. The van der Waals surface area contributed by atoms with Crippen molar-refractivity contribution in [1.29, 1.82) is 0 Å². The van der Waals surface area contributed by atoms with Gasteiger partial charge in [0.05, 0.1) is 0 Å². The second-order valence-electron chi connectivity index (χ2n) is 5.23. The lowest BCUT2D eigenvalue weighted by Crippen LogP contribution is -2.17. The van der Waals surface area contributed by atoms with Crippen LogP contribution in [0.4, 0.5) is 0 Å². The molecule has 90 valence electrons. The van der Waals surface area contributed by atoms with Crippen molar-refractivity contribution in [2.45, 2.75) is 39.0 Å². The van der Waals surface area contributed by atoms with Crippen molar-refractivity contribution in [1.82, 2.24) is 0 Å². The fourth-order valence-corrected chi connectivity index (χ4v) is 1.93. The number of hydrogen-bond donors (Lipinski definition) is 0. The molecule has 1 aromatic carbocycles. The van der Waals surface area contributed by atoms with Gasteiger partial charge < -0.3 is 9.21 Å². The van der Waals surface area contributed by atoms with Crippen molar-refractivity contribution in [3.8, 4) is 0 Å². The molecule has 17 heavy (non-hydrogen) atoms. The summed E-state index contributed by atoms with van der Waals surface area (Å²) in [5, 5.41) is 1.12. The first kappa shape index (κ1) is 11.9.